The summed E-state index contributed by atoms with van der Waals surface area (Å²) in [6.07, 6.45) is 19.6. The summed E-state index contributed by atoms with van der Waals surface area (Å²) in [5, 5.41) is 1.88. The van der Waals surface area contributed by atoms with Gasteiger partial charge in [0.15, 0.2) is 0 Å². The second-order valence-corrected chi connectivity index (χ2v) is 11.9. The lowest BCUT2D eigenvalue weighted by molar-refractivity contribution is -0.123. The first-order chi connectivity index (χ1) is 23.7. The lowest BCUT2D eigenvalue weighted by Gasteiger charge is -2.29. The van der Waals surface area contributed by atoms with Crippen molar-refractivity contribution in [2.45, 2.75) is 65.5 Å². The molecule has 0 aromatic heterocycles. The second kappa shape index (κ2) is 19.8. The number of ether oxygens (including phenoxy) is 2. The summed E-state index contributed by atoms with van der Waals surface area (Å²) < 4.78 is 49.4. The summed E-state index contributed by atoms with van der Waals surface area (Å²) in [5.41, 5.74) is 9.81. The zero-order chi connectivity index (χ0) is 37.4. The van der Waals surface area contributed by atoms with E-state index in [2.05, 4.69) is 51.0 Å². The van der Waals surface area contributed by atoms with Gasteiger partial charge >= 0.3 is 6.18 Å². The number of hydrogen-bond acceptors (Lipinski definition) is 4. The number of amides is 1. The molecule has 1 aromatic rings. The standard InChI is InChI=1S/C42H49F3N2O3/c1-11-15-17-30(7)23-32(13-3)18-19-33(16-12-2)25-34(14-4)35-20-21-47(31(8)24-35)37(22-29(5)6)36-26-38(49-9)40(39(27-36)50-10)41(48)46-28-42(43,44)45/h1,12,14,20-22,24-27,32H,4-5,7-8,13,15,17-19,23,28H2,2-3,6,9-10H3,(H,46,48)/b34-25+,37-22-. The smallest absolute Gasteiger partial charge is 0.405 e. The highest BCUT2D eigenvalue weighted by atomic mass is 19.4. The normalized spacial score (nSPS) is 13.8. The van der Waals surface area contributed by atoms with Crippen molar-refractivity contribution in [3.05, 3.63) is 132 Å². The zero-order valence-electron chi connectivity index (χ0n) is 29.9. The molecule has 1 aromatic carbocycles. The quantitative estimate of drug-likeness (QED) is 0.0723. The minimum atomic E-state index is -4.58. The molecule has 0 saturated carbocycles. The molecule has 1 N–H and O–H groups in total. The molecular weight excluding hydrogens is 637 g/mol. The molecule has 0 aliphatic carbocycles. The Morgan fingerprint density at radius 3 is 2.30 bits per heavy atom. The number of alkyl halides is 3. The average molecular weight is 687 g/mol. The maximum Gasteiger partial charge on any atom is 0.405 e. The molecule has 1 aliphatic heterocycles. The maximum absolute atomic E-state index is 12.8. The van der Waals surface area contributed by atoms with Gasteiger partial charge in [0, 0.05) is 23.9 Å². The van der Waals surface area contributed by atoms with Crippen LogP contribution in [0, 0.1) is 18.3 Å². The fourth-order valence-corrected chi connectivity index (χ4v) is 5.43. The Kier molecular flexibility index (Phi) is 16.2. The number of halogens is 3. The third-order valence-corrected chi connectivity index (χ3v) is 7.97. The number of carbonyl (C=O) groups excluding carboxylic acids is 1. The van der Waals surface area contributed by atoms with E-state index in [1.54, 1.807) is 18.2 Å². The summed E-state index contributed by atoms with van der Waals surface area (Å²) in [7, 11) is 2.66. The molecule has 266 valence electrons. The summed E-state index contributed by atoms with van der Waals surface area (Å²) in [5.74, 6) is 2.29. The number of hydrogen-bond donors (Lipinski definition) is 1. The van der Waals surface area contributed by atoms with Crippen LogP contribution in [0.15, 0.2) is 120 Å². The van der Waals surface area contributed by atoms with Gasteiger partial charge in [-0.3, -0.25) is 4.79 Å². The summed E-state index contributed by atoms with van der Waals surface area (Å²) >= 11 is 0. The first-order valence-electron chi connectivity index (χ1n) is 16.4. The first kappa shape index (κ1) is 41.1. The Morgan fingerprint density at radius 1 is 1.14 bits per heavy atom. The van der Waals surface area contributed by atoms with Crippen molar-refractivity contribution in [2.24, 2.45) is 5.92 Å². The minimum Gasteiger partial charge on any atom is -0.496 e. The molecule has 0 bridgehead atoms. The lowest BCUT2D eigenvalue weighted by atomic mass is 9.89. The van der Waals surface area contributed by atoms with E-state index >= 15 is 0 Å². The van der Waals surface area contributed by atoms with Crippen molar-refractivity contribution < 1.29 is 27.4 Å². The highest BCUT2D eigenvalue weighted by Crippen LogP contribution is 2.38. The number of allylic oxidation sites excluding steroid dienone is 10. The third kappa shape index (κ3) is 12.4. The number of nitrogens with zero attached hydrogens (tertiary/aromatic N) is 1. The van der Waals surface area contributed by atoms with Crippen LogP contribution in [-0.2, 0) is 0 Å². The van der Waals surface area contributed by atoms with Gasteiger partial charge in [-0.15, -0.1) is 18.1 Å². The fourth-order valence-electron chi connectivity index (χ4n) is 5.43. The third-order valence-electron chi connectivity index (χ3n) is 7.97. The molecule has 0 spiro atoms. The molecule has 0 fully saturated rings. The van der Waals surface area contributed by atoms with Crippen LogP contribution in [0.25, 0.3) is 5.70 Å². The molecule has 1 heterocycles. The molecule has 1 atom stereocenters. The fraction of sp³-hybridized carbons (Fsp3) is 0.333. The van der Waals surface area contributed by atoms with Gasteiger partial charge < -0.3 is 19.7 Å². The van der Waals surface area contributed by atoms with Crippen LogP contribution in [0.1, 0.15) is 75.2 Å². The van der Waals surface area contributed by atoms with Gasteiger partial charge in [0.2, 0.25) is 0 Å². The summed E-state index contributed by atoms with van der Waals surface area (Å²) in [6.45, 7) is 21.1. The number of benzene rings is 1. The van der Waals surface area contributed by atoms with E-state index in [0.29, 0.717) is 29.3 Å². The molecule has 1 unspecified atom stereocenters. The van der Waals surface area contributed by atoms with Gasteiger partial charge in [0.25, 0.3) is 5.91 Å². The Morgan fingerprint density at radius 2 is 1.80 bits per heavy atom. The molecule has 8 heteroatoms. The SMILES string of the molecule is C#CCCC(=C)CC(CC)CCC(=C=CC)/C=C(\C=C)C1=CC(=C)N(/C(=C\C(=C)C)c2cc(OC)c(C(=O)NCC(F)(F)F)c(OC)c2)C=C1. The first-order valence-corrected chi connectivity index (χ1v) is 16.4. The predicted molar refractivity (Wildman–Crippen MR) is 199 cm³/mol. The van der Waals surface area contributed by atoms with Crippen molar-refractivity contribution in [3.63, 3.8) is 0 Å². The van der Waals surface area contributed by atoms with E-state index in [1.807, 2.05) is 54.6 Å². The molecule has 0 saturated heterocycles. The molecule has 50 heavy (non-hydrogen) atoms. The number of terminal acetylenes is 1. The van der Waals surface area contributed by atoms with Gasteiger partial charge in [0.05, 0.1) is 19.9 Å². The van der Waals surface area contributed by atoms with Gasteiger partial charge in [-0.2, -0.15) is 13.2 Å². The van der Waals surface area contributed by atoms with Crippen LogP contribution >= 0.6 is 0 Å². The van der Waals surface area contributed by atoms with Gasteiger partial charge in [-0.05, 0) is 105 Å². The van der Waals surface area contributed by atoms with E-state index in [4.69, 9.17) is 15.9 Å². The highest BCUT2D eigenvalue weighted by molar-refractivity contribution is 6.00. The predicted octanol–water partition coefficient (Wildman–Crippen LogP) is 10.6. The maximum atomic E-state index is 12.8. The summed E-state index contributed by atoms with van der Waals surface area (Å²) in [4.78, 5) is 14.6. The molecule has 1 amide bonds. The van der Waals surface area contributed by atoms with Gasteiger partial charge in [-0.1, -0.05) is 56.9 Å². The number of methoxy groups -OCH3 is 2. The topological polar surface area (TPSA) is 50.8 Å². The van der Waals surface area contributed by atoms with Gasteiger partial charge in [-0.25, -0.2) is 0 Å². The zero-order valence-corrected chi connectivity index (χ0v) is 29.9. The van der Waals surface area contributed by atoms with E-state index in [-0.39, 0.29) is 17.1 Å². The van der Waals surface area contributed by atoms with Gasteiger partial charge in [0.1, 0.15) is 23.6 Å². The van der Waals surface area contributed by atoms with Crippen molar-refractivity contribution in [1.82, 2.24) is 10.2 Å². The van der Waals surface area contributed by atoms with Crippen LogP contribution < -0.4 is 14.8 Å². The van der Waals surface area contributed by atoms with Crippen molar-refractivity contribution in [2.75, 3.05) is 20.8 Å². The molecule has 1 aliphatic rings. The van der Waals surface area contributed by atoms with E-state index in [9.17, 15) is 18.0 Å². The number of nitrogens with one attached hydrogen (secondary N) is 1. The Bertz CT molecular complexity index is 1660. The van der Waals surface area contributed by atoms with Crippen molar-refractivity contribution >= 4 is 11.6 Å². The van der Waals surface area contributed by atoms with E-state index < -0.39 is 18.6 Å². The van der Waals surface area contributed by atoms with Crippen LogP contribution in [-0.4, -0.2) is 37.7 Å². The molecular formula is C42H49F3N2O3. The number of rotatable bonds is 18. The Hall–Kier alpha value is -5.12. The monoisotopic (exact) mass is 686 g/mol. The van der Waals surface area contributed by atoms with E-state index in [0.717, 1.165) is 54.4 Å². The second-order valence-electron chi connectivity index (χ2n) is 11.9. The Balaban J connectivity index is 2.44. The summed E-state index contributed by atoms with van der Waals surface area (Å²) in [6, 6.07) is 3.13. The van der Waals surface area contributed by atoms with Crippen molar-refractivity contribution in [3.8, 4) is 23.8 Å². The van der Waals surface area contributed by atoms with Crippen LogP contribution in [0.2, 0.25) is 0 Å². The van der Waals surface area contributed by atoms with Crippen molar-refractivity contribution in [1.29, 1.82) is 0 Å². The van der Waals surface area contributed by atoms with Crippen LogP contribution in [0.5, 0.6) is 11.5 Å². The lowest BCUT2D eigenvalue weighted by Crippen LogP contribution is -2.34. The molecule has 5 nitrogen and oxygen atoms in total. The molecule has 0 radical (unpaired) electrons. The highest BCUT2D eigenvalue weighted by Gasteiger charge is 2.30. The molecule has 2 rings (SSSR count). The average Bonchev–Trinajstić information content (AvgIpc) is 3.08. The number of carbonyl (C=O) groups is 1. The Labute approximate surface area is 296 Å². The van der Waals surface area contributed by atoms with Crippen LogP contribution in [0.3, 0.4) is 0 Å². The largest absolute Gasteiger partial charge is 0.496 e. The minimum absolute atomic E-state index is 0.0387. The van der Waals surface area contributed by atoms with Crippen LogP contribution in [0.4, 0.5) is 13.2 Å². The van der Waals surface area contributed by atoms with E-state index in [1.165, 1.54) is 19.8 Å².